The molecule has 0 saturated carbocycles. The Morgan fingerprint density at radius 2 is 1.74 bits per heavy atom. The first-order chi connectivity index (χ1) is 18.0. The van der Waals surface area contributed by atoms with Gasteiger partial charge in [0.15, 0.2) is 10.7 Å². The third-order valence-corrected chi connectivity index (χ3v) is 7.84. The van der Waals surface area contributed by atoms with E-state index in [9.17, 15) is 27.9 Å². The number of rotatable bonds is 7. The van der Waals surface area contributed by atoms with Crippen LogP contribution in [0.4, 0.5) is 0 Å². The lowest BCUT2D eigenvalue weighted by Crippen LogP contribution is -2.42. The highest BCUT2D eigenvalue weighted by molar-refractivity contribution is 7.72. The van der Waals surface area contributed by atoms with Gasteiger partial charge in [-0.15, -0.1) is 0 Å². The van der Waals surface area contributed by atoms with Gasteiger partial charge in [-0.3, -0.25) is 9.59 Å². The second kappa shape index (κ2) is 11.7. The van der Waals surface area contributed by atoms with Gasteiger partial charge in [0.05, 0.1) is 20.5 Å². The molecule has 12 heteroatoms. The SMILES string of the molecule is O=C(N[C@@H](Cc1cccc([SH](=O)=O)c1)C(=O)O)c1c(Cl)cc2c(c1Cl)CCN(C(=O)c1ccc(Cl)cc1)C2. The Labute approximate surface area is 235 Å². The molecule has 0 aromatic heterocycles. The standard InChI is InChI=1S/C26H21Cl3N2O6S/c27-17-6-4-15(5-7-17)25(33)31-9-8-19-16(13-31)12-20(28)22(23(19)29)24(32)30-21(26(34)35)11-14-2-1-3-18(10-14)38(36)37/h1-7,10,12,21,38H,8-9,11,13H2,(H,30,32)(H,34,35)/t21-/m0/s1. The van der Waals surface area contributed by atoms with Crippen LogP contribution in [0, 0.1) is 0 Å². The Kier molecular flexibility index (Phi) is 8.62. The Morgan fingerprint density at radius 1 is 1.03 bits per heavy atom. The van der Waals surface area contributed by atoms with E-state index in [0.717, 1.165) is 0 Å². The van der Waals surface area contributed by atoms with Crippen molar-refractivity contribution < 1.29 is 27.9 Å². The molecule has 0 radical (unpaired) electrons. The summed E-state index contributed by atoms with van der Waals surface area (Å²) >= 11 is 18.9. The minimum Gasteiger partial charge on any atom is -0.480 e. The van der Waals surface area contributed by atoms with Crippen LogP contribution in [0.2, 0.25) is 15.1 Å². The average molecular weight is 596 g/mol. The van der Waals surface area contributed by atoms with Crippen molar-refractivity contribution >= 4 is 63.3 Å². The predicted molar refractivity (Wildman–Crippen MR) is 144 cm³/mol. The second-order valence-corrected chi connectivity index (χ2v) is 10.9. The van der Waals surface area contributed by atoms with Crippen LogP contribution < -0.4 is 5.32 Å². The summed E-state index contributed by atoms with van der Waals surface area (Å²) in [4.78, 5) is 39.6. The number of hydrogen-bond acceptors (Lipinski definition) is 5. The summed E-state index contributed by atoms with van der Waals surface area (Å²) < 4.78 is 22.5. The number of thiol groups is 1. The highest BCUT2D eigenvalue weighted by atomic mass is 35.5. The van der Waals surface area contributed by atoms with Crippen molar-refractivity contribution in [2.45, 2.75) is 30.3 Å². The van der Waals surface area contributed by atoms with E-state index in [1.54, 1.807) is 41.3 Å². The first kappa shape index (κ1) is 27.9. The predicted octanol–water partition coefficient (Wildman–Crippen LogP) is 4.24. The van der Waals surface area contributed by atoms with Crippen molar-refractivity contribution in [1.82, 2.24) is 10.2 Å². The zero-order valence-electron chi connectivity index (χ0n) is 19.6. The van der Waals surface area contributed by atoms with Crippen LogP contribution in [0.5, 0.6) is 0 Å². The molecular weight excluding hydrogens is 575 g/mol. The lowest BCUT2D eigenvalue weighted by atomic mass is 9.95. The lowest BCUT2D eigenvalue weighted by Gasteiger charge is -2.30. The summed E-state index contributed by atoms with van der Waals surface area (Å²) in [5.41, 5.74) is 2.18. The van der Waals surface area contributed by atoms with E-state index >= 15 is 0 Å². The van der Waals surface area contributed by atoms with Crippen molar-refractivity contribution in [1.29, 1.82) is 0 Å². The lowest BCUT2D eigenvalue weighted by molar-refractivity contribution is -0.139. The molecule has 0 bridgehead atoms. The number of carboxylic acid groups (broad SMARTS) is 1. The molecule has 0 aliphatic carbocycles. The van der Waals surface area contributed by atoms with Gasteiger partial charge in [0, 0.05) is 30.1 Å². The molecule has 0 fully saturated rings. The van der Waals surface area contributed by atoms with Crippen molar-refractivity contribution in [2.75, 3.05) is 6.54 Å². The average Bonchev–Trinajstić information content (AvgIpc) is 2.88. The van der Waals surface area contributed by atoms with Gasteiger partial charge in [0.25, 0.3) is 11.8 Å². The van der Waals surface area contributed by atoms with Gasteiger partial charge in [-0.25, -0.2) is 13.2 Å². The second-order valence-electron chi connectivity index (χ2n) is 8.66. The van der Waals surface area contributed by atoms with Crippen LogP contribution in [-0.4, -0.2) is 48.8 Å². The number of carbonyl (C=O) groups is 3. The van der Waals surface area contributed by atoms with Gasteiger partial charge in [0.2, 0.25) is 0 Å². The van der Waals surface area contributed by atoms with Crippen LogP contribution in [0.3, 0.4) is 0 Å². The fourth-order valence-corrected chi connectivity index (χ4v) is 5.64. The fourth-order valence-electron chi connectivity index (χ4n) is 4.27. The maximum Gasteiger partial charge on any atom is 0.326 e. The van der Waals surface area contributed by atoms with Crippen LogP contribution in [-0.2, 0) is 34.9 Å². The molecule has 0 saturated heterocycles. The topological polar surface area (TPSA) is 121 Å². The molecule has 38 heavy (non-hydrogen) atoms. The Hall–Kier alpha value is -3.11. The van der Waals surface area contributed by atoms with E-state index < -0.39 is 28.6 Å². The first-order valence-corrected chi connectivity index (χ1v) is 13.7. The molecule has 3 aromatic carbocycles. The van der Waals surface area contributed by atoms with E-state index in [4.69, 9.17) is 34.8 Å². The van der Waals surface area contributed by atoms with Crippen LogP contribution in [0.15, 0.2) is 59.5 Å². The van der Waals surface area contributed by atoms with Crippen molar-refractivity contribution in [3.8, 4) is 0 Å². The van der Waals surface area contributed by atoms with E-state index in [-0.39, 0.29) is 39.4 Å². The maximum atomic E-state index is 13.1. The largest absolute Gasteiger partial charge is 0.480 e. The molecule has 1 aliphatic heterocycles. The third-order valence-electron chi connectivity index (χ3n) is 6.17. The summed E-state index contributed by atoms with van der Waals surface area (Å²) in [5, 5.41) is 12.8. The van der Waals surface area contributed by atoms with Crippen LogP contribution in [0.1, 0.15) is 37.4 Å². The van der Waals surface area contributed by atoms with Crippen molar-refractivity contribution in [3.63, 3.8) is 0 Å². The van der Waals surface area contributed by atoms with Crippen molar-refractivity contribution in [3.05, 3.63) is 97.5 Å². The monoisotopic (exact) mass is 594 g/mol. The summed E-state index contributed by atoms with van der Waals surface area (Å²) in [6.45, 7) is 0.584. The van der Waals surface area contributed by atoms with Gasteiger partial charge >= 0.3 is 5.97 Å². The number of fused-ring (bicyclic) bond motifs is 1. The van der Waals surface area contributed by atoms with E-state index in [1.165, 1.54) is 18.2 Å². The number of benzene rings is 3. The normalized spacial score (nSPS) is 13.6. The number of aliphatic carboxylic acids is 1. The molecule has 2 N–H and O–H groups in total. The molecular formula is C26H21Cl3N2O6S. The highest BCUT2D eigenvalue weighted by Crippen LogP contribution is 2.35. The van der Waals surface area contributed by atoms with Gasteiger partial charge in [-0.2, -0.15) is 0 Å². The smallest absolute Gasteiger partial charge is 0.326 e. The molecule has 4 rings (SSSR count). The van der Waals surface area contributed by atoms with Crippen molar-refractivity contribution in [2.24, 2.45) is 0 Å². The highest BCUT2D eigenvalue weighted by Gasteiger charge is 2.29. The number of nitrogens with one attached hydrogen (secondary N) is 1. The van der Waals surface area contributed by atoms with E-state index in [2.05, 4.69) is 5.32 Å². The zero-order chi connectivity index (χ0) is 27.6. The quantitative estimate of drug-likeness (QED) is 0.352. The minimum atomic E-state index is -2.84. The number of halogens is 3. The summed E-state index contributed by atoms with van der Waals surface area (Å²) in [7, 11) is -2.84. The molecule has 1 atom stereocenters. The number of carboxylic acids is 1. The van der Waals surface area contributed by atoms with Gasteiger partial charge in [-0.05, 0) is 65.6 Å². The minimum absolute atomic E-state index is 0.0153. The first-order valence-electron chi connectivity index (χ1n) is 11.4. The van der Waals surface area contributed by atoms with E-state index in [0.29, 0.717) is 40.2 Å². The van der Waals surface area contributed by atoms with Crippen LogP contribution in [0.25, 0.3) is 0 Å². The number of nitrogens with zero attached hydrogens (tertiary/aromatic N) is 1. The van der Waals surface area contributed by atoms with Gasteiger partial charge in [0.1, 0.15) is 6.04 Å². The number of amides is 2. The Morgan fingerprint density at radius 3 is 2.39 bits per heavy atom. The number of carbonyl (C=O) groups excluding carboxylic acids is 2. The third kappa shape index (κ3) is 6.13. The Bertz CT molecular complexity index is 1500. The molecule has 0 unspecified atom stereocenters. The summed E-state index contributed by atoms with van der Waals surface area (Å²) in [6.07, 6.45) is 0.216. The fraction of sp³-hybridized carbons (Fsp3) is 0.192. The van der Waals surface area contributed by atoms with Crippen LogP contribution >= 0.6 is 34.8 Å². The van der Waals surface area contributed by atoms with E-state index in [1.807, 2.05) is 0 Å². The van der Waals surface area contributed by atoms with Gasteiger partial charge < -0.3 is 15.3 Å². The molecule has 2 amide bonds. The molecule has 8 nitrogen and oxygen atoms in total. The van der Waals surface area contributed by atoms with Gasteiger partial charge in [-0.1, -0.05) is 46.9 Å². The molecule has 1 aliphatic rings. The molecule has 1 heterocycles. The Balaban J connectivity index is 1.54. The molecule has 3 aromatic rings. The molecule has 0 spiro atoms. The maximum absolute atomic E-state index is 13.1. The number of hydrogen-bond donors (Lipinski definition) is 3. The molecule has 198 valence electrons. The zero-order valence-corrected chi connectivity index (χ0v) is 22.8. The summed E-state index contributed by atoms with van der Waals surface area (Å²) in [5.74, 6) is -2.27. The summed E-state index contributed by atoms with van der Waals surface area (Å²) in [6, 6.07) is 12.6.